The highest BCUT2D eigenvalue weighted by molar-refractivity contribution is 5.80. The molecular weight excluding hydrogens is 252 g/mol. The van der Waals surface area contributed by atoms with Gasteiger partial charge < -0.3 is 15.0 Å². The number of likely N-dealkylation sites (tertiary alicyclic amines) is 1. The Morgan fingerprint density at radius 1 is 1.20 bits per heavy atom. The van der Waals surface area contributed by atoms with E-state index in [2.05, 4.69) is 24.1 Å². The topological polar surface area (TPSA) is 41.6 Å². The molecule has 116 valence electrons. The van der Waals surface area contributed by atoms with Crippen LogP contribution in [0.3, 0.4) is 0 Å². The Morgan fingerprint density at radius 3 is 2.35 bits per heavy atom. The van der Waals surface area contributed by atoms with Crippen LogP contribution in [0.2, 0.25) is 0 Å². The van der Waals surface area contributed by atoms with Gasteiger partial charge in [0.15, 0.2) is 0 Å². The molecule has 0 spiro atoms. The van der Waals surface area contributed by atoms with E-state index >= 15 is 0 Å². The van der Waals surface area contributed by atoms with E-state index in [0.717, 1.165) is 38.4 Å². The van der Waals surface area contributed by atoms with Crippen molar-refractivity contribution in [1.29, 1.82) is 0 Å². The number of carbonyl (C=O) groups is 1. The van der Waals surface area contributed by atoms with Gasteiger partial charge in [-0.25, -0.2) is 0 Å². The third kappa shape index (κ3) is 3.34. The van der Waals surface area contributed by atoms with E-state index in [1.54, 1.807) is 0 Å². The summed E-state index contributed by atoms with van der Waals surface area (Å²) in [6.07, 6.45) is 3.80. The number of ether oxygens (including phenoxy) is 1. The molecule has 2 aliphatic heterocycles. The Kier molecular flexibility index (Phi) is 5.44. The minimum atomic E-state index is 0.0545. The van der Waals surface area contributed by atoms with E-state index < -0.39 is 0 Å². The second-order valence-electron chi connectivity index (χ2n) is 6.59. The first-order valence-electron chi connectivity index (χ1n) is 8.13. The van der Waals surface area contributed by atoms with Crippen molar-refractivity contribution in [2.75, 3.05) is 26.7 Å². The van der Waals surface area contributed by atoms with Crippen LogP contribution in [0.5, 0.6) is 0 Å². The fourth-order valence-corrected chi connectivity index (χ4v) is 3.69. The van der Waals surface area contributed by atoms with Gasteiger partial charge in [-0.3, -0.25) is 4.79 Å². The number of carbonyl (C=O) groups excluding carboxylic acids is 1. The molecule has 20 heavy (non-hydrogen) atoms. The lowest BCUT2D eigenvalue weighted by Gasteiger charge is -2.35. The molecule has 0 saturated carbocycles. The quantitative estimate of drug-likeness (QED) is 0.856. The third-order valence-corrected chi connectivity index (χ3v) is 5.26. The predicted molar refractivity (Wildman–Crippen MR) is 80.5 cm³/mol. The van der Waals surface area contributed by atoms with E-state index in [9.17, 15) is 4.79 Å². The van der Waals surface area contributed by atoms with Crippen molar-refractivity contribution in [1.82, 2.24) is 10.2 Å². The smallest absolute Gasteiger partial charge is 0.228 e. The van der Waals surface area contributed by atoms with Gasteiger partial charge in [0.25, 0.3) is 0 Å². The Morgan fingerprint density at radius 2 is 1.85 bits per heavy atom. The summed E-state index contributed by atoms with van der Waals surface area (Å²) in [5, 5.41) is 3.21. The van der Waals surface area contributed by atoms with Crippen LogP contribution in [0.4, 0.5) is 0 Å². The average Bonchev–Trinajstić information content (AvgIpc) is 2.70. The highest BCUT2D eigenvalue weighted by Gasteiger charge is 2.43. The molecule has 4 unspecified atom stereocenters. The summed E-state index contributed by atoms with van der Waals surface area (Å²) in [5.41, 5.74) is 0. The summed E-state index contributed by atoms with van der Waals surface area (Å²) in [6, 6.07) is 0. The molecule has 4 atom stereocenters. The monoisotopic (exact) mass is 282 g/mol. The maximum atomic E-state index is 12.7. The lowest BCUT2D eigenvalue weighted by atomic mass is 9.86. The van der Waals surface area contributed by atoms with Crippen LogP contribution in [0.1, 0.15) is 40.0 Å². The average molecular weight is 282 g/mol. The van der Waals surface area contributed by atoms with Crippen molar-refractivity contribution in [3.05, 3.63) is 0 Å². The van der Waals surface area contributed by atoms with Crippen molar-refractivity contribution in [2.45, 2.75) is 52.2 Å². The minimum absolute atomic E-state index is 0.0545. The fraction of sp³-hybridized carbons (Fsp3) is 0.938. The maximum Gasteiger partial charge on any atom is 0.228 e. The maximum absolute atomic E-state index is 12.7. The zero-order valence-corrected chi connectivity index (χ0v) is 13.4. The molecule has 2 saturated heterocycles. The summed E-state index contributed by atoms with van der Waals surface area (Å²) < 4.78 is 5.82. The second kappa shape index (κ2) is 6.90. The summed E-state index contributed by atoms with van der Waals surface area (Å²) in [4.78, 5) is 14.8. The van der Waals surface area contributed by atoms with Crippen LogP contribution >= 0.6 is 0 Å². The molecule has 0 aromatic carbocycles. The standard InChI is InChI=1S/C16H30N2O2/c1-11-12(2)20-13(3)15(11)16(19)18-9-6-14(7-10-18)5-8-17-4/h11-15,17H,5-10H2,1-4H3. The molecule has 2 heterocycles. The fourth-order valence-electron chi connectivity index (χ4n) is 3.69. The van der Waals surface area contributed by atoms with Crippen LogP contribution in [0.15, 0.2) is 0 Å². The molecule has 1 N–H and O–H groups in total. The SMILES string of the molecule is CNCCC1CCN(C(=O)C2C(C)OC(C)C2C)CC1. The van der Waals surface area contributed by atoms with Crippen LogP contribution in [-0.4, -0.2) is 49.7 Å². The Labute approximate surface area is 123 Å². The molecule has 2 fully saturated rings. The number of hydrogen-bond donors (Lipinski definition) is 1. The molecule has 0 aromatic heterocycles. The zero-order valence-electron chi connectivity index (χ0n) is 13.4. The van der Waals surface area contributed by atoms with Gasteiger partial charge in [-0.2, -0.15) is 0 Å². The van der Waals surface area contributed by atoms with Crippen LogP contribution in [0, 0.1) is 17.8 Å². The van der Waals surface area contributed by atoms with Crippen molar-refractivity contribution >= 4 is 5.91 Å². The lowest BCUT2D eigenvalue weighted by Crippen LogP contribution is -2.45. The zero-order chi connectivity index (χ0) is 14.7. The van der Waals surface area contributed by atoms with Gasteiger partial charge >= 0.3 is 0 Å². The van der Waals surface area contributed by atoms with Crippen LogP contribution in [0.25, 0.3) is 0 Å². The van der Waals surface area contributed by atoms with Gasteiger partial charge in [-0.15, -0.1) is 0 Å². The van der Waals surface area contributed by atoms with Crippen LogP contribution in [-0.2, 0) is 9.53 Å². The van der Waals surface area contributed by atoms with Crippen LogP contribution < -0.4 is 5.32 Å². The summed E-state index contributed by atoms with van der Waals surface area (Å²) in [6.45, 7) is 9.22. The summed E-state index contributed by atoms with van der Waals surface area (Å²) in [7, 11) is 2.00. The Bertz CT molecular complexity index is 326. The third-order valence-electron chi connectivity index (χ3n) is 5.26. The van der Waals surface area contributed by atoms with Gasteiger partial charge in [0, 0.05) is 13.1 Å². The minimum Gasteiger partial charge on any atom is -0.374 e. The molecule has 2 aliphatic rings. The predicted octanol–water partition coefficient (Wildman–Crippen LogP) is 1.89. The van der Waals surface area contributed by atoms with Gasteiger partial charge in [-0.1, -0.05) is 6.92 Å². The van der Waals surface area contributed by atoms with E-state index in [1.807, 2.05) is 14.0 Å². The van der Waals surface area contributed by atoms with E-state index in [0.29, 0.717) is 11.8 Å². The summed E-state index contributed by atoms with van der Waals surface area (Å²) in [5.74, 6) is 1.49. The summed E-state index contributed by atoms with van der Waals surface area (Å²) >= 11 is 0. The lowest BCUT2D eigenvalue weighted by molar-refractivity contribution is -0.139. The molecule has 2 rings (SSSR count). The van der Waals surface area contributed by atoms with Gasteiger partial charge in [-0.05, 0) is 58.5 Å². The van der Waals surface area contributed by atoms with Gasteiger partial charge in [0.2, 0.25) is 5.91 Å². The highest BCUT2D eigenvalue weighted by atomic mass is 16.5. The van der Waals surface area contributed by atoms with Crippen molar-refractivity contribution in [3.8, 4) is 0 Å². The molecule has 1 amide bonds. The van der Waals surface area contributed by atoms with Crippen molar-refractivity contribution < 1.29 is 9.53 Å². The Balaban J connectivity index is 1.85. The molecule has 0 bridgehead atoms. The molecular formula is C16H30N2O2. The number of rotatable bonds is 4. The second-order valence-corrected chi connectivity index (χ2v) is 6.59. The largest absolute Gasteiger partial charge is 0.374 e. The first-order chi connectivity index (χ1) is 9.54. The number of nitrogens with zero attached hydrogens (tertiary/aromatic N) is 1. The number of amides is 1. The first kappa shape index (κ1) is 15.8. The van der Waals surface area contributed by atoms with Gasteiger partial charge in [0.1, 0.15) is 0 Å². The normalized spacial score (nSPS) is 35.5. The highest BCUT2D eigenvalue weighted by Crippen LogP contribution is 2.34. The molecule has 0 aromatic rings. The first-order valence-corrected chi connectivity index (χ1v) is 8.13. The number of hydrogen-bond acceptors (Lipinski definition) is 3. The number of nitrogens with one attached hydrogen (secondary N) is 1. The van der Waals surface area contributed by atoms with Gasteiger partial charge in [0.05, 0.1) is 18.1 Å². The Hall–Kier alpha value is -0.610. The molecule has 4 heteroatoms. The van der Waals surface area contributed by atoms with E-state index in [-0.39, 0.29) is 18.1 Å². The molecule has 4 nitrogen and oxygen atoms in total. The van der Waals surface area contributed by atoms with Crippen molar-refractivity contribution in [2.24, 2.45) is 17.8 Å². The molecule has 0 aliphatic carbocycles. The van der Waals surface area contributed by atoms with E-state index in [1.165, 1.54) is 6.42 Å². The number of piperidine rings is 1. The van der Waals surface area contributed by atoms with E-state index in [4.69, 9.17) is 4.74 Å². The van der Waals surface area contributed by atoms with Crippen molar-refractivity contribution in [3.63, 3.8) is 0 Å². The molecule has 0 radical (unpaired) electrons.